The Labute approximate surface area is 174 Å². The lowest BCUT2D eigenvalue weighted by atomic mass is 10.1. The third-order valence-corrected chi connectivity index (χ3v) is 4.89. The average molecular weight is 418 g/mol. The Kier molecular flexibility index (Phi) is 6.81. The first kappa shape index (κ1) is 21.5. The lowest BCUT2D eigenvalue weighted by Crippen LogP contribution is -2.51. The molecule has 1 aromatic carbocycles. The largest absolute Gasteiger partial charge is 0.494 e. The van der Waals surface area contributed by atoms with Crippen LogP contribution in [0.3, 0.4) is 0 Å². The maximum atomic E-state index is 12.5. The second-order valence-corrected chi connectivity index (χ2v) is 6.79. The molecule has 2 amide bonds. The highest BCUT2D eigenvalue weighted by Crippen LogP contribution is 2.29. The van der Waals surface area contributed by atoms with Crippen molar-refractivity contribution in [2.24, 2.45) is 0 Å². The first-order valence-corrected chi connectivity index (χ1v) is 9.97. The number of piperazine rings is 1. The molecule has 0 aliphatic carbocycles. The summed E-state index contributed by atoms with van der Waals surface area (Å²) < 4.78 is 21.2. The molecule has 2 aromatic rings. The van der Waals surface area contributed by atoms with Crippen molar-refractivity contribution in [3.05, 3.63) is 29.5 Å². The third-order valence-electron chi connectivity index (χ3n) is 4.89. The number of hydrogen-bond acceptors (Lipinski definition) is 7. The summed E-state index contributed by atoms with van der Waals surface area (Å²) in [7, 11) is 0. The van der Waals surface area contributed by atoms with Gasteiger partial charge in [0.05, 0.1) is 13.2 Å². The molecule has 0 bridgehead atoms. The minimum Gasteiger partial charge on any atom is -0.494 e. The van der Waals surface area contributed by atoms with E-state index in [0.29, 0.717) is 56.3 Å². The van der Waals surface area contributed by atoms with Gasteiger partial charge in [-0.3, -0.25) is 4.79 Å². The van der Waals surface area contributed by atoms with E-state index in [9.17, 15) is 14.4 Å². The quantitative estimate of drug-likeness (QED) is 0.665. The first-order chi connectivity index (χ1) is 14.4. The van der Waals surface area contributed by atoms with Crippen molar-refractivity contribution in [3.8, 4) is 5.75 Å². The van der Waals surface area contributed by atoms with Crippen LogP contribution in [0, 0.1) is 6.92 Å². The molecule has 0 unspecified atom stereocenters. The number of amides is 2. The van der Waals surface area contributed by atoms with E-state index in [-0.39, 0.29) is 24.4 Å². The second kappa shape index (κ2) is 9.51. The van der Waals surface area contributed by atoms with Crippen molar-refractivity contribution in [3.63, 3.8) is 0 Å². The van der Waals surface area contributed by atoms with Gasteiger partial charge < -0.3 is 28.4 Å². The van der Waals surface area contributed by atoms with E-state index in [1.54, 1.807) is 35.8 Å². The van der Waals surface area contributed by atoms with Gasteiger partial charge in [0.15, 0.2) is 6.61 Å². The minimum absolute atomic E-state index is 0.0681. The lowest BCUT2D eigenvalue weighted by molar-refractivity contribution is -0.136. The highest BCUT2D eigenvalue weighted by Gasteiger charge is 2.26. The molecule has 1 saturated heterocycles. The van der Waals surface area contributed by atoms with Gasteiger partial charge in [0.1, 0.15) is 11.3 Å². The lowest BCUT2D eigenvalue weighted by Gasteiger charge is -2.33. The van der Waals surface area contributed by atoms with Crippen molar-refractivity contribution < 1.29 is 33.0 Å². The molecule has 2 heterocycles. The van der Waals surface area contributed by atoms with Crippen LogP contribution in [0.5, 0.6) is 5.75 Å². The van der Waals surface area contributed by atoms with Crippen LogP contribution in [-0.4, -0.2) is 73.8 Å². The number of esters is 1. The zero-order valence-electron chi connectivity index (χ0n) is 17.4. The highest BCUT2D eigenvalue weighted by atomic mass is 16.6. The molecule has 0 spiro atoms. The van der Waals surface area contributed by atoms with Gasteiger partial charge in [-0.2, -0.15) is 0 Å². The van der Waals surface area contributed by atoms with Crippen LogP contribution in [-0.2, 0) is 14.3 Å². The van der Waals surface area contributed by atoms with E-state index in [1.165, 1.54) is 0 Å². The Morgan fingerprint density at radius 1 is 1.00 bits per heavy atom. The average Bonchev–Trinajstić information content (AvgIpc) is 3.08. The van der Waals surface area contributed by atoms with Crippen LogP contribution < -0.4 is 4.74 Å². The van der Waals surface area contributed by atoms with Crippen LogP contribution in [0.4, 0.5) is 4.79 Å². The summed E-state index contributed by atoms with van der Waals surface area (Å²) >= 11 is 0. The number of rotatable bonds is 6. The summed E-state index contributed by atoms with van der Waals surface area (Å²) in [5.41, 5.74) is 1.18. The van der Waals surface area contributed by atoms with Gasteiger partial charge in [-0.25, -0.2) is 9.59 Å². The number of carbonyl (C=O) groups excluding carboxylic acids is 3. The number of carbonyl (C=O) groups is 3. The van der Waals surface area contributed by atoms with Crippen LogP contribution in [0.25, 0.3) is 11.0 Å². The summed E-state index contributed by atoms with van der Waals surface area (Å²) in [5, 5.41) is 0.759. The molecule has 1 fully saturated rings. The summed E-state index contributed by atoms with van der Waals surface area (Å²) in [4.78, 5) is 39.7. The number of aryl methyl sites for hydroxylation is 1. The zero-order chi connectivity index (χ0) is 21.7. The Morgan fingerprint density at radius 3 is 2.37 bits per heavy atom. The molecule has 1 aliphatic heterocycles. The summed E-state index contributed by atoms with van der Waals surface area (Å²) in [6.45, 7) is 7.32. The number of nitrogens with zero attached hydrogens (tertiary/aromatic N) is 2. The molecule has 30 heavy (non-hydrogen) atoms. The van der Waals surface area contributed by atoms with Gasteiger partial charge in [-0.1, -0.05) is 0 Å². The Hall–Kier alpha value is -3.23. The van der Waals surface area contributed by atoms with E-state index in [1.807, 2.05) is 13.0 Å². The van der Waals surface area contributed by atoms with Crippen LogP contribution in [0.1, 0.15) is 30.0 Å². The Morgan fingerprint density at radius 2 is 1.70 bits per heavy atom. The van der Waals surface area contributed by atoms with Crippen LogP contribution in [0.2, 0.25) is 0 Å². The normalized spacial score (nSPS) is 14.0. The fourth-order valence-electron chi connectivity index (χ4n) is 3.29. The van der Waals surface area contributed by atoms with E-state index in [0.717, 1.165) is 5.39 Å². The first-order valence-electron chi connectivity index (χ1n) is 9.97. The van der Waals surface area contributed by atoms with E-state index < -0.39 is 5.97 Å². The maximum Gasteiger partial charge on any atom is 0.409 e. The predicted molar refractivity (Wildman–Crippen MR) is 108 cm³/mol. The highest BCUT2D eigenvalue weighted by molar-refractivity contribution is 5.97. The maximum absolute atomic E-state index is 12.5. The molecular weight excluding hydrogens is 392 g/mol. The molecule has 9 nitrogen and oxygen atoms in total. The predicted octanol–water partition coefficient (Wildman–Crippen LogP) is 2.60. The third kappa shape index (κ3) is 4.67. The van der Waals surface area contributed by atoms with Gasteiger partial charge in [-0.15, -0.1) is 0 Å². The molecule has 0 radical (unpaired) electrons. The topological polar surface area (TPSA) is 98.5 Å². The Balaban J connectivity index is 1.56. The fraction of sp³-hybridized carbons (Fsp3) is 0.476. The van der Waals surface area contributed by atoms with Crippen LogP contribution >= 0.6 is 0 Å². The van der Waals surface area contributed by atoms with E-state index in [2.05, 4.69) is 0 Å². The fourth-order valence-corrected chi connectivity index (χ4v) is 3.29. The van der Waals surface area contributed by atoms with Crippen molar-refractivity contribution >= 4 is 28.9 Å². The molecule has 0 atom stereocenters. The van der Waals surface area contributed by atoms with Crippen molar-refractivity contribution in [2.45, 2.75) is 20.8 Å². The number of benzene rings is 1. The standard InChI is InChI=1S/C21H26N2O7/c1-4-27-15-6-7-17-16(12-15)14(3)19(30-17)20(25)29-13-18(24)22-8-10-23(11-9-22)21(26)28-5-2/h6-7,12H,4-5,8-11,13H2,1-3H3. The minimum atomic E-state index is -0.694. The monoisotopic (exact) mass is 418 g/mol. The van der Waals surface area contributed by atoms with Crippen molar-refractivity contribution in [2.75, 3.05) is 46.0 Å². The number of furan rings is 1. The van der Waals surface area contributed by atoms with Gasteiger partial charge in [0.25, 0.3) is 5.91 Å². The van der Waals surface area contributed by atoms with Gasteiger partial charge >= 0.3 is 12.1 Å². The van der Waals surface area contributed by atoms with Crippen molar-refractivity contribution in [1.82, 2.24) is 9.80 Å². The second-order valence-electron chi connectivity index (χ2n) is 6.79. The molecular formula is C21H26N2O7. The van der Waals surface area contributed by atoms with Crippen LogP contribution in [0.15, 0.2) is 22.6 Å². The van der Waals surface area contributed by atoms with Crippen molar-refractivity contribution in [1.29, 1.82) is 0 Å². The SMILES string of the molecule is CCOC(=O)N1CCN(C(=O)COC(=O)c2oc3ccc(OCC)cc3c2C)CC1. The Bertz CT molecular complexity index is 929. The van der Waals surface area contributed by atoms with E-state index >= 15 is 0 Å². The molecule has 3 rings (SSSR count). The molecule has 1 aromatic heterocycles. The smallest absolute Gasteiger partial charge is 0.409 e. The molecule has 9 heteroatoms. The van der Waals surface area contributed by atoms with E-state index in [4.69, 9.17) is 18.6 Å². The molecule has 0 N–H and O–H groups in total. The molecule has 162 valence electrons. The van der Waals surface area contributed by atoms with Gasteiger partial charge in [0, 0.05) is 37.1 Å². The molecule has 0 saturated carbocycles. The zero-order valence-corrected chi connectivity index (χ0v) is 17.4. The summed E-state index contributed by atoms with van der Waals surface area (Å²) in [6, 6.07) is 5.31. The number of hydrogen-bond donors (Lipinski definition) is 0. The summed E-state index contributed by atoms with van der Waals surface area (Å²) in [5.74, 6) is -0.260. The summed E-state index contributed by atoms with van der Waals surface area (Å²) in [6.07, 6.45) is -0.385. The van der Waals surface area contributed by atoms with Gasteiger partial charge in [-0.05, 0) is 39.0 Å². The number of fused-ring (bicyclic) bond motifs is 1. The number of ether oxygens (including phenoxy) is 3. The molecule has 1 aliphatic rings. The van der Waals surface area contributed by atoms with Gasteiger partial charge in [0.2, 0.25) is 5.76 Å².